The maximum atomic E-state index is 12.7. The number of nitrogens with one attached hydrogen (secondary N) is 1. The predicted octanol–water partition coefficient (Wildman–Crippen LogP) is 3.72. The Morgan fingerprint density at radius 2 is 1.90 bits per heavy atom. The number of benzene rings is 1. The summed E-state index contributed by atoms with van der Waals surface area (Å²) in [5, 5.41) is 0. The Morgan fingerprint density at radius 1 is 1.29 bits per heavy atom. The number of ether oxygens (including phenoxy) is 1. The minimum atomic E-state index is -4.34. The van der Waals surface area contributed by atoms with Gasteiger partial charge in [0.05, 0.1) is 17.2 Å². The molecule has 0 radical (unpaired) electrons. The standard InChI is InChI=1S/C15H23F3N2O/c1-5-14(4,21-6-2)13(20-19)12-8-7-11(9-10(12)3)15(16,17)18/h7-9,13,20H,5-6,19H2,1-4H3. The Balaban J connectivity index is 3.23. The monoisotopic (exact) mass is 304 g/mol. The topological polar surface area (TPSA) is 47.3 Å². The van der Waals surface area contributed by atoms with Crippen LogP contribution in [0.15, 0.2) is 18.2 Å². The van der Waals surface area contributed by atoms with Gasteiger partial charge in [-0.05, 0) is 50.5 Å². The third kappa shape index (κ3) is 3.96. The number of aryl methyl sites for hydroxylation is 1. The van der Waals surface area contributed by atoms with Crippen molar-refractivity contribution in [1.29, 1.82) is 0 Å². The maximum Gasteiger partial charge on any atom is 0.416 e. The molecule has 1 rings (SSSR count). The van der Waals surface area contributed by atoms with Gasteiger partial charge in [-0.15, -0.1) is 0 Å². The van der Waals surface area contributed by atoms with E-state index in [9.17, 15) is 13.2 Å². The van der Waals surface area contributed by atoms with Crippen molar-refractivity contribution in [1.82, 2.24) is 5.43 Å². The second kappa shape index (κ2) is 6.77. The normalized spacial score (nSPS) is 16.6. The smallest absolute Gasteiger partial charge is 0.374 e. The molecule has 1 aromatic rings. The van der Waals surface area contributed by atoms with E-state index < -0.39 is 17.3 Å². The van der Waals surface area contributed by atoms with Gasteiger partial charge in [-0.25, -0.2) is 0 Å². The molecule has 120 valence electrons. The van der Waals surface area contributed by atoms with E-state index in [-0.39, 0.29) is 6.04 Å². The molecule has 6 heteroatoms. The van der Waals surface area contributed by atoms with Gasteiger partial charge in [-0.2, -0.15) is 13.2 Å². The third-order valence-electron chi connectivity index (χ3n) is 3.86. The highest BCUT2D eigenvalue weighted by atomic mass is 19.4. The van der Waals surface area contributed by atoms with Crippen molar-refractivity contribution in [3.8, 4) is 0 Å². The molecule has 3 nitrogen and oxygen atoms in total. The Kier molecular flexibility index (Phi) is 5.78. The minimum Gasteiger partial charge on any atom is -0.374 e. The summed E-state index contributed by atoms with van der Waals surface area (Å²) in [6.45, 7) is 7.89. The van der Waals surface area contributed by atoms with E-state index in [1.807, 2.05) is 20.8 Å². The van der Waals surface area contributed by atoms with Crippen LogP contribution in [0.3, 0.4) is 0 Å². The van der Waals surface area contributed by atoms with Crippen LogP contribution in [0, 0.1) is 6.92 Å². The highest BCUT2D eigenvalue weighted by Gasteiger charge is 2.36. The third-order valence-corrected chi connectivity index (χ3v) is 3.86. The van der Waals surface area contributed by atoms with Gasteiger partial charge in [-0.1, -0.05) is 13.0 Å². The second-order valence-corrected chi connectivity index (χ2v) is 5.27. The summed E-state index contributed by atoms with van der Waals surface area (Å²) < 4.78 is 44.0. The summed E-state index contributed by atoms with van der Waals surface area (Å²) >= 11 is 0. The first kappa shape index (κ1) is 17.9. The van der Waals surface area contributed by atoms with E-state index in [2.05, 4.69) is 5.43 Å². The van der Waals surface area contributed by atoms with Gasteiger partial charge in [0, 0.05) is 6.61 Å². The highest BCUT2D eigenvalue weighted by Crippen LogP contribution is 2.36. The van der Waals surface area contributed by atoms with E-state index in [0.29, 0.717) is 24.2 Å². The van der Waals surface area contributed by atoms with Gasteiger partial charge in [0.2, 0.25) is 0 Å². The zero-order valence-corrected chi connectivity index (χ0v) is 12.8. The van der Waals surface area contributed by atoms with Crippen LogP contribution < -0.4 is 11.3 Å². The first-order chi connectivity index (χ1) is 9.69. The number of halogens is 3. The van der Waals surface area contributed by atoms with E-state index in [0.717, 1.165) is 12.1 Å². The lowest BCUT2D eigenvalue weighted by Gasteiger charge is -2.37. The lowest BCUT2D eigenvalue weighted by Crippen LogP contribution is -2.46. The quantitative estimate of drug-likeness (QED) is 0.622. The molecule has 2 unspecified atom stereocenters. The molecule has 0 aliphatic carbocycles. The van der Waals surface area contributed by atoms with Crippen LogP contribution in [0.1, 0.15) is 49.9 Å². The molecule has 0 aromatic heterocycles. The molecule has 0 amide bonds. The molecular weight excluding hydrogens is 281 g/mol. The van der Waals surface area contributed by atoms with Gasteiger partial charge in [0.25, 0.3) is 0 Å². The molecule has 0 aliphatic heterocycles. The molecule has 0 fully saturated rings. The molecule has 0 saturated heterocycles. The number of hydrogen-bond donors (Lipinski definition) is 2. The van der Waals surface area contributed by atoms with E-state index in [1.54, 1.807) is 6.92 Å². The Labute approximate surface area is 123 Å². The van der Waals surface area contributed by atoms with Crippen molar-refractivity contribution in [2.45, 2.75) is 51.9 Å². The van der Waals surface area contributed by atoms with E-state index >= 15 is 0 Å². The highest BCUT2D eigenvalue weighted by molar-refractivity contribution is 5.36. The predicted molar refractivity (Wildman–Crippen MR) is 76.6 cm³/mol. The molecule has 3 N–H and O–H groups in total. The van der Waals surface area contributed by atoms with Crippen LogP contribution >= 0.6 is 0 Å². The SMILES string of the molecule is CCOC(C)(CC)C(NN)c1ccc(C(F)(F)F)cc1C. The summed E-state index contributed by atoms with van der Waals surface area (Å²) in [5.41, 5.74) is 2.69. The molecule has 0 spiro atoms. The summed E-state index contributed by atoms with van der Waals surface area (Å²) in [5.74, 6) is 5.64. The van der Waals surface area contributed by atoms with Crippen molar-refractivity contribution in [3.63, 3.8) is 0 Å². The van der Waals surface area contributed by atoms with Crippen LogP contribution in [0.4, 0.5) is 13.2 Å². The van der Waals surface area contributed by atoms with Crippen LogP contribution in [0.25, 0.3) is 0 Å². The molecule has 2 atom stereocenters. The zero-order chi connectivity index (χ0) is 16.3. The average Bonchev–Trinajstić information content (AvgIpc) is 2.40. The number of hydrogen-bond acceptors (Lipinski definition) is 3. The van der Waals surface area contributed by atoms with E-state index in [1.165, 1.54) is 6.07 Å². The van der Waals surface area contributed by atoms with Crippen LogP contribution in [0.2, 0.25) is 0 Å². The van der Waals surface area contributed by atoms with E-state index in [4.69, 9.17) is 10.6 Å². The zero-order valence-electron chi connectivity index (χ0n) is 12.8. The largest absolute Gasteiger partial charge is 0.416 e. The Morgan fingerprint density at radius 3 is 2.29 bits per heavy atom. The van der Waals surface area contributed by atoms with Gasteiger partial charge in [0.15, 0.2) is 0 Å². The molecular formula is C15H23F3N2O. The van der Waals surface area contributed by atoms with Crippen molar-refractivity contribution in [2.75, 3.05) is 6.61 Å². The second-order valence-electron chi connectivity index (χ2n) is 5.27. The fourth-order valence-electron chi connectivity index (χ4n) is 2.49. The lowest BCUT2D eigenvalue weighted by atomic mass is 9.85. The van der Waals surface area contributed by atoms with Gasteiger partial charge >= 0.3 is 6.18 Å². The fraction of sp³-hybridized carbons (Fsp3) is 0.600. The van der Waals surface area contributed by atoms with Crippen LogP contribution in [-0.4, -0.2) is 12.2 Å². The molecule has 21 heavy (non-hydrogen) atoms. The lowest BCUT2D eigenvalue weighted by molar-refractivity contribution is -0.137. The Bertz CT molecular complexity index is 476. The molecule has 0 saturated carbocycles. The van der Waals surface area contributed by atoms with Crippen molar-refractivity contribution < 1.29 is 17.9 Å². The molecule has 0 bridgehead atoms. The molecule has 0 aliphatic rings. The van der Waals surface area contributed by atoms with Gasteiger partial charge in [0.1, 0.15) is 0 Å². The van der Waals surface area contributed by atoms with Crippen molar-refractivity contribution >= 4 is 0 Å². The number of nitrogens with two attached hydrogens (primary N) is 1. The van der Waals surface area contributed by atoms with Crippen LogP contribution in [-0.2, 0) is 10.9 Å². The number of hydrazine groups is 1. The summed E-state index contributed by atoms with van der Waals surface area (Å²) in [6, 6.07) is 3.30. The van der Waals surface area contributed by atoms with Gasteiger partial charge < -0.3 is 4.74 Å². The maximum absolute atomic E-state index is 12.7. The van der Waals surface area contributed by atoms with Gasteiger partial charge in [-0.3, -0.25) is 11.3 Å². The summed E-state index contributed by atoms with van der Waals surface area (Å²) in [6.07, 6.45) is -3.67. The summed E-state index contributed by atoms with van der Waals surface area (Å²) in [7, 11) is 0. The first-order valence-electron chi connectivity index (χ1n) is 6.97. The van der Waals surface area contributed by atoms with Crippen molar-refractivity contribution in [3.05, 3.63) is 34.9 Å². The fourth-order valence-corrected chi connectivity index (χ4v) is 2.49. The number of rotatable bonds is 6. The Hall–Kier alpha value is -1.11. The molecule has 0 heterocycles. The van der Waals surface area contributed by atoms with Crippen molar-refractivity contribution in [2.24, 2.45) is 5.84 Å². The summed E-state index contributed by atoms with van der Waals surface area (Å²) in [4.78, 5) is 0. The first-order valence-corrected chi connectivity index (χ1v) is 6.97. The number of alkyl halides is 3. The average molecular weight is 304 g/mol. The molecule has 1 aromatic carbocycles. The minimum absolute atomic E-state index is 0.385. The van der Waals surface area contributed by atoms with Crippen LogP contribution in [0.5, 0.6) is 0 Å².